The molecule has 0 bridgehead atoms. The van der Waals surface area contributed by atoms with Gasteiger partial charge in [0.25, 0.3) is 0 Å². The Labute approximate surface area is 128 Å². The molecule has 20 heavy (non-hydrogen) atoms. The number of aromatic nitrogens is 1. The van der Waals surface area contributed by atoms with Crippen molar-refractivity contribution in [2.24, 2.45) is 0 Å². The second kappa shape index (κ2) is 6.72. The van der Waals surface area contributed by atoms with Crippen molar-refractivity contribution in [2.45, 2.75) is 5.25 Å². The Bertz CT molecular complexity index is 443. The van der Waals surface area contributed by atoms with E-state index in [-0.39, 0.29) is 5.25 Å². The fourth-order valence-electron chi connectivity index (χ4n) is 2.53. The molecule has 0 N–H and O–H groups in total. The first-order valence-corrected chi connectivity index (χ1v) is 9.19. The van der Waals surface area contributed by atoms with Crippen LogP contribution in [0.5, 0.6) is 0 Å². The Morgan fingerprint density at radius 1 is 1.20 bits per heavy atom. The molecule has 0 aliphatic carbocycles. The Kier molecular flexibility index (Phi) is 4.73. The molecular weight excluding hydrogens is 290 g/mol. The van der Waals surface area contributed by atoms with Crippen molar-refractivity contribution in [3.05, 3.63) is 24.4 Å². The van der Waals surface area contributed by atoms with Crippen LogP contribution in [0.3, 0.4) is 0 Å². The van der Waals surface area contributed by atoms with Gasteiger partial charge in [-0.15, -0.1) is 11.8 Å². The van der Waals surface area contributed by atoms with Crippen molar-refractivity contribution in [2.75, 3.05) is 48.3 Å². The van der Waals surface area contributed by atoms with Crippen LogP contribution >= 0.6 is 23.5 Å². The van der Waals surface area contributed by atoms with E-state index in [0.717, 1.165) is 43.5 Å². The first-order chi connectivity index (χ1) is 9.84. The molecule has 108 valence electrons. The highest BCUT2D eigenvalue weighted by Crippen LogP contribution is 2.26. The highest BCUT2D eigenvalue weighted by atomic mass is 32.2. The number of carbonyl (C=O) groups excluding carboxylic acids is 1. The van der Waals surface area contributed by atoms with Gasteiger partial charge in [0.05, 0.1) is 5.25 Å². The zero-order valence-electron chi connectivity index (χ0n) is 11.4. The summed E-state index contributed by atoms with van der Waals surface area (Å²) in [5.41, 5.74) is 0. The second-order valence-corrected chi connectivity index (χ2v) is 7.40. The number of carbonyl (C=O) groups is 1. The van der Waals surface area contributed by atoms with Gasteiger partial charge < -0.3 is 9.80 Å². The normalized spacial score (nSPS) is 23.7. The van der Waals surface area contributed by atoms with Crippen molar-refractivity contribution >= 4 is 35.2 Å². The second-order valence-electron chi connectivity index (χ2n) is 4.93. The van der Waals surface area contributed by atoms with Gasteiger partial charge in [0.1, 0.15) is 5.82 Å². The molecule has 1 aromatic rings. The highest BCUT2D eigenvalue weighted by Gasteiger charge is 2.29. The third kappa shape index (κ3) is 3.23. The van der Waals surface area contributed by atoms with Crippen LogP contribution in [0.25, 0.3) is 0 Å². The number of rotatable bonds is 2. The largest absolute Gasteiger partial charge is 0.353 e. The van der Waals surface area contributed by atoms with Crippen LogP contribution in [0.2, 0.25) is 0 Å². The first-order valence-electron chi connectivity index (χ1n) is 6.99. The number of amides is 1. The molecule has 2 saturated heterocycles. The molecule has 1 aromatic heterocycles. The lowest BCUT2D eigenvalue weighted by Crippen LogP contribution is -2.52. The molecule has 0 aromatic carbocycles. The van der Waals surface area contributed by atoms with E-state index in [9.17, 15) is 4.79 Å². The molecule has 0 saturated carbocycles. The minimum absolute atomic E-state index is 0.176. The SMILES string of the molecule is O=C(C1CSCCS1)N1CCN(c2ccccn2)CC1. The number of hydrogen-bond donors (Lipinski definition) is 0. The maximum absolute atomic E-state index is 12.5. The lowest BCUT2D eigenvalue weighted by molar-refractivity contribution is -0.130. The summed E-state index contributed by atoms with van der Waals surface area (Å²) in [5, 5.41) is 0.176. The van der Waals surface area contributed by atoms with Crippen LogP contribution < -0.4 is 4.90 Å². The fourth-order valence-corrected chi connectivity index (χ4v) is 5.16. The molecule has 6 heteroatoms. The lowest BCUT2D eigenvalue weighted by Gasteiger charge is -2.37. The van der Waals surface area contributed by atoms with Gasteiger partial charge in [-0.2, -0.15) is 11.8 Å². The first kappa shape index (κ1) is 14.1. The van der Waals surface area contributed by atoms with E-state index in [4.69, 9.17) is 0 Å². The molecule has 2 aliphatic rings. The summed E-state index contributed by atoms with van der Waals surface area (Å²) >= 11 is 3.73. The van der Waals surface area contributed by atoms with Gasteiger partial charge in [0.15, 0.2) is 0 Å². The smallest absolute Gasteiger partial charge is 0.236 e. The third-order valence-electron chi connectivity index (χ3n) is 3.66. The van der Waals surface area contributed by atoms with Crippen LogP contribution in [0.4, 0.5) is 5.82 Å². The minimum atomic E-state index is 0.176. The van der Waals surface area contributed by atoms with E-state index >= 15 is 0 Å². The summed E-state index contributed by atoms with van der Waals surface area (Å²) in [4.78, 5) is 21.1. The predicted octanol–water partition coefficient (Wildman–Crippen LogP) is 1.58. The number of pyridine rings is 1. The monoisotopic (exact) mass is 309 g/mol. The average molecular weight is 309 g/mol. The number of hydrogen-bond acceptors (Lipinski definition) is 5. The Hall–Kier alpha value is -0.880. The van der Waals surface area contributed by atoms with Gasteiger partial charge in [-0.1, -0.05) is 6.07 Å². The average Bonchev–Trinajstić information content (AvgIpc) is 2.56. The third-order valence-corrected chi connectivity index (χ3v) is 6.40. The van der Waals surface area contributed by atoms with Crippen LogP contribution in [-0.2, 0) is 4.79 Å². The molecule has 0 radical (unpaired) electrons. The van der Waals surface area contributed by atoms with E-state index in [1.807, 2.05) is 52.8 Å². The number of nitrogens with zero attached hydrogens (tertiary/aromatic N) is 3. The maximum Gasteiger partial charge on any atom is 0.236 e. The molecule has 2 aliphatic heterocycles. The predicted molar refractivity (Wildman–Crippen MR) is 86.6 cm³/mol. The molecule has 4 nitrogen and oxygen atoms in total. The number of thioether (sulfide) groups is 2. The van der Waals surface area contributed by atoms with Gasteiger partial charge in [0.2, 0.25) is 5.91 Å². The molecule has 3 heterocycles. The minimum Gasteiger partial charge on any atom is -0.353 e. The van der Waals surface area contributed by atoms with Crippen LogP contribution in [0.1, 0.15) is 0 Å². The maximum atomic E-state index is 12.5. The molecule has 1 unspecified atom stereocenters. The van der Waals surface area contributed by atoms with Crippen LogP contribution in [-0.4, -0.2) is 64.5 Å². The molecule has 3 rings (SSSR count). The van der Waals surface area contributed by atoms with Gasteiger partial charge in [-0.3, -0.25) is 4.79 Å². The number of piperazine rings is 1. The summed E-state index contributed by atoms with van der Waals surface area (Å²) in [6, 6.07) is 5.97. The lowest BCUT2D eigenvalue weighted by atomic mass is 10.2. The van der Waals surface area contributed by atoms with Gasteiger partial charge in [-0.05, 0) is 12.1 Å². The van der Waals surface area contributed by atoms with E-state index in [0.29, 0.717) is 5.91 Å². The van der Waals surface area contributed by atoms with Gasteiger partial charge >= 0.3 is 0 Å². The summed E-state index contributed by atoms with van der Waals surface area (Å²) in [5.74, 6) is 4.62. The standard InChI is InChI=1S/C14H19N3OS2/c18-14(12-11-19-9-10-20-12)17-7-5-16(6-8-17)13-3-1-2-4-15-13/h1-4,12H,5-11H2. The number of anilines is 1. The van der Waals surface area contributed by atoms with E-state index in [1.54, 1.807) is 0 Å². The molecular formula is C14H19N3OS2. The van der Waals surface area contributed by atoms with Crippen molar-refractivity contribution < 1.29 is 4.79 Å². The van der Waals surface area contributed by atoms with Crippen molar-refractivity contribution in [1.29, 1.82) is 0 Å². The van der Waals surface area contributed by atoms with Crippen molar-refractivity contribution in [3.63, 3.8) is 0 Å². The van der Waals surface area contributed by atoms with E-state index in [2.05, 4.69) is 9.88 Å². The topological polar surface area (TPSA) is 36.4 Å². The van der Waals surface area contributed by atoms with Crippen molar-refractivity contribution in [3.8, 4) is 0 Å². The summed E-state index contributed by atoms with van der Waals surface area (Å²) in [6.45, 7) is 3.40. The molecule has 2 fully saturated rings. The molecule has 1 atom stereocenters. The summed E-state index contributed by atoms with van der Waals surface area (Å²) < 4.78 is 0. The van der Waals surface area contributed by atoms with Gasteiger partial charge in [0, 0.05) is 49.6 Å². The Morgan fingerprint density at radius 2 is 2.05 bits per heavy atom. The molecule has 1 amide bonds. The zero-order chi connectivity index (χ0) is 13.8. The van der Waals surface area contributed by atoms with Crippen LogP contribution in [0, 0.1) is 0 Å². The fraction of sp³-hybridized carbons (Fsp3) is 0.571. The van der Waals surface area contributed by atoms with Gasteiger partial charge in [-0.25, -0.2) is 4.98 Å². The van der Waals surface area contributed by atoms with Crippen molar-refractivity contribution in [1.82, 2.24) is 9.88 Å². The Morgan fingerprint density at radius 3 is 2.70 bits per heavy atom. The summed E-state index contributed by atoms with van der Waals surface area (Å²) in [6.07, 6.45) is 1.82. The Balaban J connectivity index is 1.54. The zero-order valence-corrected chi connectivity index (χ0v) is 13.0. The van der Waals surface area contributed by atoms with Crippen LogP contribution in [0.15, 0.2) is 24.4 Å². The van der Waals surface area contributed by atoms with E-state index < -0.39 is 0 Å². The summed E-state index contributed by atoms with van der Waals surface area (Å²) in [7, 11) is 0. The van der Waals surface area contributed by atoms with E-state index in [1.165, 1.54) is 5.75 Å². The molecule has 0 spiro atoms. The highest BCUT2D eigenvalue weighted by molar-refractivity contribution is 8.07. The quantitative estimate of drug-likeness (QED) is 0.829.